The molecule has 0 saturated heterocycles. The minimum absolute atomic E-state index is 0.200. The highest BCUT2D eigenvalue weighted by Crippen LogP contribution is 2.11. The molecule has 0 radical (unpaired) electrons. The summed E-state index contributed by atoms with van der Waals surface area (Å²) in [4.78, 5) is 11.8. The van der Waals surface area contributed by atoms with Gasteiger partial charge in [0.25, 0.3) is 0 Å². The summed E-state index contributed by atoms with van der Waals surface area (Å²) in [6, 6.07) is 0.200. The van der Waals surface area contributed by atoms with Gasteiger partial charge in [0, 0.05) is 12.6 Å². The summed E-state index contributed by atoms with van der Waals surface area (Å²) in [6.45, 7) is 11.2. The predicted molar refractivity (Wildman–Crippen MR) is 73.6 cm³/mol. The van der Waals surface area contributed by atoms with Crippen LogP contribution in [-0.2, 0) is 14.3 Å². The van der Waals surface area contributed by atoms with Crippen LogP contribution in [0.2, 0.25) is 0 Å². The van der Waals surface area contributed by atoms with Gasteiger partial charge < -0.3 is 9.47 Å². The third-order valence-electron chi connectivity index (χ3n) is 2.82. The Morgan fingerprint density at radius 2 is 1.94 bits per heavy atom. The van der Waals surface area contributed by atoms with E-state index in [1.165, 1.54) is 7.11 Å². The van der Waals surface area contributed by atoms with E-state index < -0.39 is 5.54 Å². The fourth-order valence-electron chi connectivity index (χ4n) is 2.06. The maximum atomic E-state index is 11.8. The monoisotopic (exact) mass is 259 g/mol. The number of esters is 1. The van der Waals surface area contributed by atoms with E-state index in [4.69, 9.17) is 9.47 Å². The van der Waals surface area contributed by atoms with Gasteiger partial charge in [-0.25, -0.2) is 4.79 Å². The van der Waals surface area contributed by atoms with Crippen LogP contribution in [0.4, 0.5) is 0 Å². The Morgan fingerprint density at radius 1 is 1.33 bits per heavy atom. The molecule has 4 nitrogen and oxygen atoms in total. The van der Waals surface area contributed by atoms with Crippen LogP contribution in [0.1, 0.15) is 47.5 Å². The Labute approximate surface area is 111 Å². The molecule has 0 saturated carbocycles. The second kappa shape index (κ2) is 8.48. The van der Waals surface area contributed by atoms with Gasteiger partial charge in [-0.1, -0.05) is 20.3 Å². The van der Waals surface area contributed by atoms with Gasteiger partial charge in [-0.15, -0.1) is 0 Å². The van der Waals surface area contributed by atoms with Crippen LogP contribution in [0.25, 0.3) is 0 Å². The molecule has 0 rings (SSSR count). The van der Waals surface area contributed by atoms with Gasteiger partial charge in [0.1, 0.15) is 5.54 Å². The zero-order valence-electron chi connectivity index (χ0n) is 12.7. The average Bonchev–Trinajstić information content (AvgIpc) is 2.27. The number of methoxy groups -OCH3 is 1. The number of ether oxygens (including phenoxy) is 2. The van der Waals surface area contributed by atoms with Gasteiger partial charge in [-0.05, 0) is 33.1 Å². The van der Waals surface area contributed by atoms with E-state index in [1.54, 1.807) is 0 Å². The van der Waals surface area contributed by atoms with Crippen LogP contribution in [0.5, 0.6) is 0 Å². The van der Waals surface area contributed by atoms with Crippen LogP contribution < -0.4 is 5.32 Å². The van der Waals surface area contributed by atoms with E-state index in [1.807, 2.05) is 20.8 Å². The van der Waals surface area contributed by atoms with E-state index in [-0.39, 0.29) is 12.0 Å². The summed E-state index contributed by atoms with van der Waals surface area (Å²) in [6.07, 6.45) is 2.30. The molecule has 0 aromatic carbocycles. The standard InChI is InChI=1S/C14H29NO3/c1-7-8-12(4)9-18-10-14(5,13(16)17-6)15-11(2)3/h11-12,15H,7-10H2,1-6H3. The highest BCUT2D eigenvalue weighted by Gasteiger charge is 2.35. The van der Waals surface area contributed by atoms with E-state index >= 15 is 0 Å². The zero-order chi connectivity index (χ0) is 14.2. The van der Waals surface area contributed by atoms with Gasteiger partial charge in [0.15, 0.2) is 0 Å². The van der Waals surface area contributed by atoms with Gasteiger partial charge in [-0.2, -0.15) is 0 Å². The van der Waals surface area contributed by atoms with Crippen molar-refractivity contribution in [2.24, 2.45) is 5.92 Å². The van der Waals surface area contributed by atoms with Crippen LogP contribution in [0.3, 0.4) is 0 Å². The third-order valence-corrected chi connectivity index (χ3v) is 2.82. The quantitative estimate of drug-likeness (QED) is 0.646. The Balaban J connectivity index is 4.29. The largest absolute Gasteiger partial charge is 0.468 e. The molecule has 18 heavy (non-hydrogen) atoms. The maximum absolute atomic E-state index is 11.8. The van der Waals surface area contributed by atoms with Gasteiger partial charge >= 0.3 is 5.97 Å². The summed E-state index contributed by atoms with van der Waals surface area (Å²) in [5.41, 5.74) is -0.769. The van der Waals surface area contributed by atoms with Crippen molar-refractivity contribution in [1.82, 2.24) is 5.32 Å². The Bertz CT molecular complexity index is 243. The lowest BCUT2D eigenvalue weighted by Gasteiger charge is -2.30. The number of carbonyl (C=O) groups excluding carboxylic acids is 1. The topological polar surface area (TPSA) is 47.6 Å². The molecule has 0 aliphatic heterocycles. The van der Waals surface area contributed by atoms with Crippen LogP contribution >= 0.6 is 0 Å². The Hall–Kier alpha value is -0.610. The van der Waals surface area contributed by atoms with Crippen molar-refractivity contribution in [3.8, 4) is 0 Å². The van der Waals surface area contributed by atoms with Gasteiger partial charge in [0.05, 0.1) is 13.7 Å². The molecule has 0 fully saturated rings. The molecule has 4 heteroatoms. The molecule has 0 aliphatic rings. The first-order valence-corrected chi connectivity index (χ1v) is 6.79. The van der Waals surface area contributed by atoms with Crippen molar-refractivity contribution < 1.29 is 14.3 Å². The Kier molecular flexibility index (Phi) is 8.20. The molecule has 0 spiro atoms. The SMILES string of the molecule is CCCC(C)COCC(C)(NC(C)C)C(=O)OC. The highest BCUT2D eigenvalue weighted by atomic mass is 16.5. The second-order valence-corrected chi connectivity index (χ2v) is 5.53. The normalized spacial score (nSPS) is 16.4. The average molecular weight is 259 g/mol. The molecule has 1 N–H and O–H groups in total. The first kappa shape index (κ1) is 17.4. The van der Waals surface area contributed by atoms with Crippen molar-refractivity contribution >= 4 is 5.97 Å². The molecular formula is C14H29NO3. The van der Waals surface area contributed by atoms with E-state index in [0.29, 0.717) is 19.1 Å². The smallest absolute Gasteiger partial charge is 0.328 e. The Morgan fingerprint density at radius 3 is 2.39 bits per heavy atom. The highest BCUT2D eigenvalue weighted by molar-refractivity contribution is 5.80. The minimum Gasteiger partial charge on any atom is -0.468 e. The lowest BCUT2D eigenvalue weighted by molar-refractivity contribution is -0.151. The van der Waals surface area contributed by atoms with Crippen molar-refractivity contribution in [3.05, 3.63) is 0 Å². The molecule has 2 unspecified atom stereocenters. The molecule has 0 amide bonds. The predicted octanol–water partition coefficient (Wildman–Crippen LogP) is 2.37. The molecule has 108 valence electrons. The first-order valence-electron chi connectivity index (χ1n) is 6.79. The lowest BCUT2D eigenvalue weighted by Crippen LogP contribution is -2.56. The molecule has 0 aromatic heterocycles. The van der Waals surface area contributed by atoms with Gasteiger partial charge in [-0.3, -0.25) is 5.32 Å². The van der Waals surface area contributed by atoms with E-state index in [0.717, 1.165) is 12.8 Å². The second-order valence-electron chi connectivity index (χ2n) is 5.53. The number of hydrogen-bond donors (Lipinski definition) is 1. The van der Waals surface area contributed by atoms with E-state index in [9.17, 15) is 4.79 Å². The van der Waals surface area contributed by atoms with Crippen molar-refractivity contribution in [1.29, 1.82) is 0 Å². The fourth-order valence-corrected chi connectivity index (χ4v) is 2.06. The lowest BCUT2D eigenvalue weighted by atomic mass is 10.0. The minimum atomic E-state index is -0.769. The maximum Gasteiger partial charge on any atom is 0.328 e. The van der Waals surface area contributed by atoms with Gasteiger partial charge in [0.2, 0.25) is 0 Å². The summed E-state index contributed by atoms with van der Waals surface area (Å²) >= 11 is 0. The van der Waals surface area contributed by atoms with Crippen molar-refractivity contribution in [2.45, 2.75) is 59.0 Å². The zero-order valence-corrected chi connectivity index (χ0v) is 12.7. The summed E-state index contributed by atoms with van der Waals surface area (Å²) in [5.74, 6) is 0.246. The van der Waals surface area contributed by atoms with Crippen molar-refractivity contribution in [2.75, 3.05) is 20.3 Å². The molecule has 0 bridgehead atoms. The first-order chi connectivity index (χ1) is 8.35. The van der Waals surface area contributed by atoms with E-state index in [2.05, 4.69) is 19.2 Å². The van der Waals surface area contributed by atoms with Crippen LogP contribution in [0, 0.1) is 5.92 Å². The summed E-state index contributed by atoms with van der Waals surface area (Å²) < 4.78 is 10.5. The molecule has 0 heterocycles. The number of hydrogen-bond acceptors (Lipinski definition) is 4. The van der Waals surface area contributed by atoms with Crippen LogP contribution in [0.15, 0.2) is 0 Å². The molecule has 2 atom stereocenters. The van der Waals surface area contributed by atoms with Crippen LogP contribution in [-0.4, -0.2) is 37.9 Å². The number of rotatable bonds is 9. The fraction of sp³-hybridized carbons (Fsp3) is 0.929. The molecular weight excluding hydrogens is 230 g/mol. The summed E-state index contributed by atoms with van der Waals surface area (Å²) in [7, 11) is 1.41. The molecule has 0 aliphatic carbocycles. The number of carbonyl (C=O) groups is 1. The third kappa shape index (κ3) is 6.36. The summed E-state index contributed by atoms with van der Waals surface area (Å²) in [5, 5.41) is 3.21. The molecule has 0 aromatic rings. The van der Waals surface area contributed by atoms with Crippen molar-refractivity contribution in [3.63, 3.8) is 0 Å². The number of nitrogens with one attached hydrogen (secondary N) is 1.